The molecule has 1 amide bonds. The molecule has 1 aromatic rings. The highest BCUT2D eigenvalue weighted by Gasteiger charge is 2.15. The van der Waals surface area contributed by atoms with Crippen LogP contribution in [0.25, 0.3) is 0 Å². The van der Waals surface area contributed by atoms with E-state index < -0.39 is 17.5 Å². The Kier molecular flexibility index (Phi) is 6.34. The minimum absolute atomic E-state index is 0.123. The van der Waals surface area contributed by atoms with Crippen LogP contribution in [0.4, 0.5) is 9.18 Å². The molecule has 4 nitrogen and oxygen atoms in total. The van der Waals surface area contributed by atoms with Crippen molar-refractivity contribution in [1.82, 2.24) is 5.32 Å². The maximum atomic E-state index is 13.4. The third-order valence-corrected chi connectivity index (χ3v) is 2.67. The van der Waals surface area contributed by atoms with Crippen LogP contribution in [0.15, 0.2) is 24.3 Å². The predicted octanol–water partition coefficient (Wildman–Crippen LogP) is 3.70. The fourth-order valence-corrected chi connectivity index (χ4v) is 1.74. The quantitative estimate of drug-likeness (QED) is 0.643. The van der Waals surface area contributed by atoms with Crippen molar-refractivity contribution < 1.29 is 18.7 Å². The van der Waals surface area contributed by atoms with Crippen LogP contribution in [0, 0.1) is 5.82 Å². The normalized spacial score (nSPS) is 11.0. The maximum Gasteiger partial charge on any atom is 0.407 e. The number of rotatable bonds is 6. The number of unbranched alkanes of at least 4 members (excludes halogenated alkanes) is 1. The van der Waals surface area contributed by atoms with Gasteiger partial charge in [0.1, 0.15) is 11.4 Å². The number of Topliss-reactive ketones (excluding diaryl/α,β-unsaturated/α-hetero) is 1. The molecule has 0 fully saturated rings. The van der Waals surface area contributed by atoms with Gasteiger partial charge < -0.3 is 10.1 Å². The van der Waals surface area contributed by atoms with Gasteiger partial charge in [-0.15, -0.1) is 0 Å². The van der Waals surface area contributed by atoms with Gasteiger partial charge in [0.15, 0.2) is 5.78 Å². The minimum atomic E-state index is -0.523. The first-order valence-electron chi connectivity index (χ1n) is 7.04. The summed E-state index contributed by atoms with van der Waals surface area (Å²) >= 11 is 0. The lowest BCUT2D eigenvalue weighted by atomic mass is 10.1. The number of carbonyl (C=O) groups is 2. The van der Waals surface area contributed by atoms with E-state index in [0.29, 0.717) is 19.4 Å². The van der Waals surface area contributed by atoms with Crippen LogP contribution in [-0.4, -0.2) is 24.0 Å². The molecule has 0 bridgehead atoms. The van der Waals surface area contributed by atoms with Crippen molar-refractivity contribution in [1.29, 1.82) is 0 Å². The topological polar surface area (TPSA) is 55.4 Å². The molecule has 0 radical (unpaired) electrons. The number of hydrogen-bond donors (Lipinski definition) is 1. The Bertz CT molecular complexity index is 495. The second-order valence-electron chi connectivity index (χ2n) is 5.79. The zero-order valence-corrected chi connectivity index (χ0v) is 12.7. The van der Waals surface area contributed by atoms with E-state index in [1.165, 1.54) is 12.1 Å². The molecular formula is C16H22FNO3. The molecule has 1 aromatic carbocycles. The van der Waals surface area contributed by atoms with Crippen molar-refractivity contribution in [3.63, 3.8) is 0 Å². The molecule has 5 heteroatoms. The van der Waals surface area contributed by atoms with Crippen molar-refractivity contribution in [3.05, 3.63) is 35.6 Å². The van der Waals surface area contributed by atoms with E-state index in [2.05, 4.69) is 5.32 Å². The van der Waals surface area contributed by atoms with E-state index in [-0.39, 0.29) is 17.8 Å². The fourth-order valence-electron chi connectivity index (χ4n) is 1.74. The van der Waals surface area contributed by atoms with Gasteiger partial charge in [0.25, 0.3) is 0 Å². The first kappa shape index (κ1) is 17.1. The lowest BCUT2D eigenvalue weighted by Gasteiger charge is -2.19. The van der Waals surface area contributed by atoms with Crippen molar-refractivity contribution >= 4 is 11.9 Å². The highest BCUT2D eigenvalue weighted by Crippen LogP contribution is 2.11. The maximum absolute atomic E-state index is 13.4. The average Bonchev–Trinajstić information content (AvgIpc) is 2.36. The summed E-state index contributed by atoms with van der Waals surface area (Å²) in [6, 6.07) is 5.95. The smallest absolute Gasteiger partial charge is 0.407 e. The minimum Gasteiger partial charge on any atom is -0.444 e. The van der Waals surface area contributed by atoms with Crippen molar-refractivity contribution in [2.75, 3.05) is 6.54 Å². The number of amides is 1. The van der Waals surface area contributed by atoms with E-state index in [0.717, 1.165) is 0 Å². The van der Waals surface area contributed by atoms with E-state index in [1.54, 1.807) is 32.9 Å². The van der Waals surface area contributed by atoms with E-state index in [9.17, 15) is 14.0 Å². The van der Waals surface area contributed by atoms with E-state index in [4.69, 9.17) is 4.74 Å². The summed E-state index contributed by atoms with van der Waals surface area (Å²) in [6.07, 6.45) is 1.02. The molecule has 0 saturated carbocycles. The third kappa shape index (κ3) is 6.88. The summed E-state index contributed by atoms with van der Waals surface area (Å²) in [7, 11) is 0. The molecule has 1 rings (SSSR count). The van der Waals surface area contributed by atoms with E-state index in [1.807, 2.05) is 0 Å². The molecule has 1 N–H and O–H groups in total. The van der Waals surface area contributed by atoms with Crippen molar-refractivity contribution in [3.8, 4) is 0 Å². The Morgan fingerprint density at radius 1 is 1.19 bits per heavy atom. The number of benzene rings is 1. The molecule has 0 saturated heterocycles. The molecule has 0 heterocycles. The number of alkyl carbamates (subject to hydrolysis) is 1. The Morgan fingerprint density at radius 3 is 2.48 bits per heavy atom. The van der Waals surface area contributed by atoms with Gasteiger partial charge in [-0.3, -0.25) is 4.79 Å². The molecule has 116 valence electrons. The van der Waals surface area contributed by atoms with Gasteiger partial charge in [-0.05, 0) is 45.7 Å². The number of halogens is 1. The Hall–Kier alpha value is -1.91. The van der Waals surface area contributed by atoms with Gasteiger partial charge >= 0.3 is 6.09 Å². The molecule has 21 heavy (non-hydrogen) atoms. The molecule has 0 aliphatic heterocycles. The molecular weight excluding hydrogens is 273 g/mol. The zero-order valence-electron chi connectivity index (χ0n) is 12.7. The van der Waals surface area contributed by atoms with Gasteiger partial charge in [-0.25, -0.2) is 9.18 Å². The summed E-state index contributed by atoms with van der Waals surface area (Å²) < 4.78 is 18.5. The molecule has 0 aliphatic rings. The molecule has 0 atom stereocenters. The standard InChI is InChI=1S/C16H22FNO3/c1-16(2,3)21-15(20)18-11-7-6-10-14(19)12-8-4-5-9-13(12)17/h4-5,8-9H,6-7,10-11H2,1-3H3,(H,18,20). The van der Waals surface area contributed by atoms with Crippen LogP contribution in [0.5, 0.6) is 0 Å². The van der Waals surface area contributed by atoms with Crippen molar-refractivity contribution in [2.24, 2.45) is 0 Å². The molecule has 0 aromatic heterocycles. The van der Waals surface area contributed by atoms with Crippen LogP contribution >= 0.6 is 0 Å². The summed E-state index contributed by atoms with van der Waals surface area (Å²) in [5.41, 5.74) is -0.400. The van der Waals surface area contributed by atoms with Gasteiger partial charge in [-0.1, -0.05) is 12.1 Å². The summed E-state index contributed by atoms with van der Waals surface area (Å²) in [5.74, 6) is -0.709. The van der Waals surface area contributed by atoms with Crippen LogP contribution in [0.1, 0.15) is 50.4 Å². The monoisotopic (exact) mass is 295 g/mol. The fraction of sp³-hybridized carbons (Fsp3) is 0.500. The third-order valence-electron chi connectivity index (χ3n) is 2.67. The van der Waals surface area contributed by atoms with Crippen LogP contribution < -0.4 is 5.32 Å². The Morgan fingerprint density at radius 2 is 1.86 bits per heavy atom. The number of ketones is 1. The molecule has 0 unspecified atom stereocenters. The van der Waals surface area contributed by atoms with Gasteiger partial charge in [0.2, 0.25) is 0 Å². The highest BCUT2D eigenvalue weighted by molar-refractivity contribution is 5.96. The molecule has 0 spiro atoms. The Labute approximate surface area is 124 Å². The van der Waals surface area contributed by atoms with Crippen LogP contribution in [0.3, 0.4) is 0 Å². The van der Waals surface area contributed by atoms with Gasteiger partial charge in [-0.2, -0.15) is 0 Å². The first-order valence-corrected chi connectivity index (χ1v) is 7.04. The summed E-state index contributed by atoms with van der Waals surface area (Å²) in [5, 5.41) is 2.62. The van der Waals surface area contributed by atoms with E-state index >= 15 is 0 Å². The molecule has 0 aliphatic carbocycles. The van der Waals surface area contributed by atoms with Crippen molar-refractivity contribution in [2.45, 2.75) is 45.6 Å². The second-order valence-corrected chi connectivity index (χ2v) is 5.79. The predicted molar refractivity (Wildman–Crippen MR) is 78.8 cm³/mol. The lowest BCUT2D eigenvalue weighted by Crippen LogP contribution is -2.33. The number of hydrogen-bond acceptors (Lipinski definition) is 3. The van der Waals surface area contributed by atoms with Gasteiger partial charge in [0.05, 0.1) is 5.56 Å². The summed E-state index contributed by atoms with van der Waals surface area (Å²) in [4.78, 5) is 23.2. The number of nitrogens with one attached hydrogen (secondary N) is 1. The summed E-state index contributed by atoms with van der Waals surface area (Å²) in [6.45, 7) is 5.80. The lowest BCUT2D eigenvalue weighted by molar-refractivity contribution is 0.0527. The van der Waals surface area contributed by atoms with Gasteiger partial charge in [0, 0.05) is 13.0 Å². The number of ether oxygens (including phenoxy) is 1. The SMILES string of the molecule is CC(C)(C)OC(=O)NCCCCC(=O)c1ccccc1F. The first-order chi connectivity index (χ1) is 9.79. The van der Waals surface area contributed by atoms with Crippen LogP contribution in [-0.2, 0) is 4.74 Å². The van der Waals surface area contributed by atoms with Crippen LogP contribution in [0.2, 0.25) is 0 Å². The number of carbonyl (C=O) groups excluding carboxylic acids is 2. The Balaban J connectivity index is 2.22. The highest BCUT2D eigenvalue weighted by atomic mass is 19.1. The average molecular weight is 295 g/mol. The second kappa shape index (κ2) is 7.76. The largest absolute Gasteiger partial charge is 0.444 e. The zero-order chi connectivity index (χ0) is 15.9.